The van der Waals surface area contributed by atoms with E-state index in [1.54, 1.807) is 6.07 Å². The molecule has 2 rings (SSSR count). The lowest BCUT2D eigenvalue weighted by molar-refractivity contribution is -0.385. The second kappa shape index (κ2) is 3.80. The smallest absolute Gasteiger partial charge is 0.287 e. The Morgan fingerprint density at radius 2 is 2.31 bits per heavy atom. The van der Waals surface area contributed by atoms with Crippen LogP contribution in [0, 0.1) is 10.1 Å². The summed E-state index contributed by atoms with van der Waals surface area (Å²) in [5.74, 6) is -0.617. The second-order valence-electron chi connectivity index (χ2n) is 4.02. The van der Waals surface area contributed by atoms with Crippen molar-refractivity contribution in [3.8, 4) is 0 Å². The van der Waals surface area contributed by atoms with Gasteiger partial charge >= 0.3 is 0 Å². The van der Waals surface area contributed by atoms with E-state index in [2.05, 4.69) is 4.98 Å². The summed E-state index contributed by atoms with van der Waals surface area (Å²) in [6.45, 7) is 4.05. The SMILES string of the molecule is CC1(C)OCC(c2ccc([N+](=O)[O-])cn2)O1. The molecule has 1 fully saturated rings. The maximum Gasteiger partial charge on any atom is 0.287 e. The summed E-state index contributed by atoms with van der Waals surface area (Å²) in [5.41, 5.74) is 0.623. The molecule has 6 nitrogen and oxygen atoms in total. The van der Waals surface area contributed by atoms with Crippen LogP contribution >= 0.6 is 0 Å². The average Bonchev–Trinajstić information content (AvgIpc) is 2.59. The minimum atomic E-state index is -0.617. The monoisotopic (exact) mass is 224 g/mol. The molecule has 2 heterocycles. The van der Waals surface area contributed by atoms with Crippen molar-refractivity contribution >= 4 is 5.69 Å². The van der Waals surface area contributed by atoms with Crippen molar-refractivity contribution in [3.63, 3.8) is 0 Å². The Bertz CT molecular complexity index is 402. The number of nitrogens with zero attached hydrogens (tertiary/aromatic N) is 2. The molecule has 0 aromatic carbocycles. The summed E-state index contributed by atoms with van der Waals surface area (Å²) >= 11 is 0. The lowest BCUT2D eigenvalue weighted by Gasteiger charge is -2.16. The third-order valence-electron chi connectivity index (χ3n) is 2.32. The van der Waals surface area contributed by atoms with Crippen molar-refractivity contribution in [2.45, 2.75) is 25.7 Å². The van der Waals surface area contributed by atoms with Crippen LogP contribution in [0.3, 0.4) is 0 Å². The third kappa shape index (κ3) is 2.17. The molecule has 1 unspecified atom stereocenters. The van der Waals surface area contributed by atoms with Gasteiger partial charge in [-0.3, -0.25) is 15.1 Å². The predicted octanol–water partition coefficient (Wildman–Crippen LogP) is 1.81. The highest BCUT2D eigenvalue weighted by Gasteiger charge is 2.34. The minimum absolute atomic E-state index is 0.0260. The molecule has 86 valence electrons. The molecular formula is C10H12N2O4. The standard InChI is InChI=1S/C10H12N2O4/c1-10(2)15-6-9(16-10)8-4-3-7(5-11-8)12(13)14/h3-5,9H,6H2,1-2H3. The first-order valence-electron chi connectivity index (χ1n) is 4.90. The molecule has 0 spiro atoms. The van der Waals surface area contributed by atoms with E-state index in [9.17, 15) is 10.1 Å². The number of aromatic nitrogens is 1. The Morgan fingerprint density at radius 1 is 1.56 bits per heavy atom. The summed E-state index contributed by atoms with van der Waals surface area (Å²) in [4.78, 5) is 14.0. The highest BCUT2D eigenvalue weighted by Crippen LogP contribution is 2.32. The summed E-state index contributed by atoms with van der Waals surface area (Å²) in [7, 11) is 0. The first-order valence-corrected chi connectivity index (χ1v) is 4.90. The lowest BCUT2D eigenvalue weighted by atomic mass is 10.2. The van der Waals surface area contributed by atoms with E-state index < -0.39 is 10.7 Å². The first-order chi connectivity index (χ1) is 7.48. The third-order valence-corrected chi connectivity index (χ3v) is 2.32. The van der Waals surface area contributed by atoms with Crippen LogP contribution in [0.5, 0.6) is 0 Å². The van der Waals surface area contributed by atoms with E-state index in [-0.39, 0.29) is 11.8 Å². The Balaban J connectivity index is 2.14. The Labute approximate surface area is 92.3 Å². The average molecular weight is 224 g/mol. The van der Waals surface area contributed by atoms with E-state index in [1.165, 1.54) is 12.3 Å². The molecule has 16 heavy (non-hydrogen) atoms. The van der Waals surface area contributed by atoms with Gasteiger partial charge < -0.3 is 9.47 Å². The van der Waals surface area contributed by atoms with Gasteiger partial charge in [-0.25, -0.2) is 0 Å². The fourth-order valence-electron chi connectivity index (χ4n) is 1.53. The van der Waals surface area contributed by atoms with Crippen molar-refractivity contribution in [1.82, 2.24) is 4.98 Å². The van der Waals surface area contributed by atoms with Crippen LogP contribution in [-0.4, -0.2) is 22.3 Å². The van der Waals surface area contributed by atoms with Gasteiger partial charge in [0, 0.05) is 6.07 Å². The van der Waals surface area contributed by atoms with Gasteiger partial charge in [-0.15, -0.1) is 0 Å². The summed E-state index contributed by atoms with van der Waals surface area (Å²) in [5, 5.41) is 10.4. The molecule has 0 saturated carbocycles. The van der Waals surface area contributed by atoms with Crippen molar-refractivity contribution in [1.29, 1.82) is 0 Å². The van der Waals surface area contributed by atoms with Crippen LogP contribution < -0.4 is 0 Å². The largest absolute Gasteiger partial charge is 0.347 e. The second-order valence-corrected chi connectivity index (χ2v) is 4.02. The zero-order chi connectivity index (χ0) is 11.8. The van der Waals surface area contributed by atoms with Crippen molar-refractivity contribution in [3.05, 3.63) is 34.1 Å². The quantitative estimate of drug-likeness (QED) is 0.565. The van der Waals surface area contributed by atoms with Gasteiger partial charge in [0.15, 0.2) is 5.79 Å². The summed E-state index contributed by atoms with van der Waals surface area (Å²) in [6.07, 6.45) is 0.972. The topological polar surface area (TPSA) is 74.5 Å². The number of pyridine rings is 1. The highest BCUT2D eigenvalue weighted by molar-refractivity contribution is 5.27. The van der Waals surface area contributed by atoms with Gasteiger partial charge in [-0.1, -0.05) is 0 Å². The van der Waals surface area contributed by atoms with E-state index in [0.717, 1.165) is 0 Å². The Hall–Kier alpha value is -1.53. The number of ether oxygens (including phenoxy) is 2. The predicted molar refractivity (Wildman–Crippen MR) is 54.7 cm³/mol. The van der Waals surface area contributed by atoms with Crippen LogP contribution in [0.15, 0.2) is 18.3 Å². The molecule has 1 aliphatic heterocycles. The number of hydrogen-bond donors (Lipinski definition) is 0. The van der Waals surface area contributed by atoms with Crippen molar-refractivity contribution < 1.29 is 14.4 Å². The van der Waals surface area contributed by atoms with E-state index in [0.29, 0.717) is 12.3 Å². The Morgan fingerprint density at radius 3 is 2.75 bits per heavy atom. The maximum absolute atomic E-state index is 10.4. The molecule has 1 aromatic rings. The molecule has 6 heteroatoms. The fourth-order valence-corrected chi connectivity index (χ4v) is 1.53. The lowest BCUT2D eigenvalue weighted by Crippen LogP contribution is -2.19. The number of nitro groups is 1. The molecule has 0 bridgehead atoms. The molecule has 0 amide bonds. The van der Waals surface area contributed by atoms with E-state index >= 15 is 0 Å². The molecule has 0 N–H and O–H groups in total. The van der Waals surface area contributed by atoms with Crippen LogP contribution in [-0.2, 0) is 9.47 Å². The number of rotatable bonds is 2. The van der Waals surface area contributed by atoms with Gasteiger partial charge in [0.25, 0.3) is 5.69 Å². The van der Waals surface area contributed by atoms with Crippen LogP contribution in [0.4, 0.5) is 5.69 Å². The molecular weight excluding hydrogens is 212 g/mol. The van der Waals surface area contributed by atoms with Gasteiger partial charge in [0.2, 0.25) is 0 Å². The van der Waals surface area contributed by atoms with Crippen LogP contribution in [0.25, 0.3) is 0 Å². The van der Waals surface area contributed by atoms with Gasteiger partial charge in [0.1, 0.15) is 12.3 Å². The molecule has 1 aromatic heterocycles. The molecule has 0 radical (unpaired) electrons. The first kappa shape index (κ1) is 11.0. The molecule has 1 saturated heterocycles. The minimum Gasteiger partial charge on any atom is -0.347 e. The zero-order valence-electron chi connectivity index (χ0n) is 9.04. The summed E-state index contributed by atoms with van der Waals surface area (Å²) < 4.78 is 11.0. The molecule has 0 aliphatic carbocycles. The maximum atomic E-state index is 10.4. The van der Waals surface area contributed by atoms with Crippen LogP contribution in [0.2, 0.25) is 0 Å². The highest BCUT2D eigenvalue weighted by atomic mass is 16.7. The Kier molecular flexibility index (Phi) is 2.61. The van der Waals surface area contributed by atoms with E-state index in [1.807, 2.05) is 13.8 Å². The number of hydrogen-bond acceptors (Lipinski definition) is 5. The normalized spacial score (nSPS) is 23.2. The molecule has 1 atom stereocenters. The zero-order valence-corrected chi connectivity index (χ0v) is 9.04. The van der Waals surface area contributed by atoms with Crippen molar-refractivity contribution in [2.24, 2.45) is 0 Å². The van der Waals surface area contributed by atoms with Gasteiger partial charge in [-0.2, -0.15) is 0 Å². The van der Waals surface area contributed by atoms with Crippen LogP contribution in [0.1, 0.15) is 25.6 Å². The fraction of sp³-hybridized carbons (Fsp3) is 0.500. The van der Waals surface area contributed by atoms with Gasteiger partial charge in [-0.05, 0) is 19.9 Å². The van der Waals surface area contributed by atoms with Crippen molar-refractivity contribution in [2.75, 3.05) is 6.61 Å². The molecule has 1 aliphatic rings. The van der Waals surface area contributed by atoms with E-state index in [4.69, 9.17) is 9.47 Å². The summed E-state index contributed by atoms with van der Waals surface area (Å²) in [6, 6.07) is 3.00. The van der Waals surface area contributed by atoms with Gasteiger partial charge in [0.05, 0.1) is 17.2 Å².